The lowest BCUT2D eigenvalue weighted by Crippen LogP contribution is -2.13. The maximum Gasteiger partial charge on any atom is 0.318 e. The van der Waals surface area contributed by atoms with Crippen LogP contribution in [0, 0.1) is 5.82 Å². The molecule has 2 aromatic heterocycles. The SMILES string of the molecule is COc1ncc(F)c(NNc2ccc(Cl)nn2)n1. The van der Waals surface area contributed by atoms with Crippen molar-refractivity contribution in [3.63, 3.8) is 0 Å². The van der Waals surface area contributed by atoms with Crippen LogP contribution in [-0.4, -0.2) is 27.3 Å². The third kappa shape index (κ3) is 2.92. The molecule has 0 aromatic carbocycles. The Morgan fingerprint density at radius 3 is 2.78 bits per heavy atom. The maximum atomic E-state index is 13.3. The van der Waals surface area contributed by atoms with Gasteiger partial charge in [-0.25, -0.2) is 9.37 Å². The van der Waals surface area contributed by atoms with E-state index in [1.807, 2.05) is 0 Å². The molecule has 0 unspecified atom stereocenters. The highest BCUT2D eigenvalue weighted by molar-refractivity contribution is 6.29. The number of ether oxygens (including phenoxy) is 1. The van der Waals surface area contributed by atoms with Gasteiger partial charge >= 0.3 is 6.01 Å². The lowest BCUT2D eigenvalue weighted by atomic mass is 10.5. The third-order valence-corrected chi connectivity index (χ3v) is 2.05. The minimum absolute atomic E-state index is 0.0443. The average Bonchev–Trinajstić information content (AvgIpc) is 2.40. The van der Waals surface area contributed by atoms with Crippen LogP contribution in [0.25, 0.3) is 0 Å². The Hall–Kier alpha value is -2.22. The first-order chi connectivity index (χ1) is 8.69. The van der Waals surface area contributed by atoms with Gasteiger partial charge in [-0.2, -0.15) is 4.98 Å². The van der Waals surface area contributed by atoms with E-state index in [0.717, 1.165) is 6.20 Å². The van der Waals surface area contributed by atoms with Gasteiger partial charge in [-0.1, -0.05) is 11.6 Å². The number of nitrogens with zero attached hydrogens (tertiary/aromatic N) is 4. The van der Waals surface area contributed by atoms with E-state index in [0.29, 0.717) is 5.82 Å². The van der Waals surface area contributed by atoms with Gasteiger partial charge in [0.1, 0.15) is 0 Å². The van der Waals surface area contributed by atoms with Crippen LogP contribution in [-0.2, 0) is 0 Å². The predicted octanol–water partition coefficient (Wildman–Crippen LogP) is 1.51. The molecule has 0 amide bonds. The highest BCUT2D eigenvalue weighted by atomic mass is 35.5. The molecule has 2 rings (SSSR count). The third-order valence-electron chi connectivity index (χ3n) is 1.85. The zero-order valence-electron chi connectivity index (χ0n) is 9.19. The topological polar surface area (TPSA) is 84.9 Å². The van der Waals surface area contributed by atoms with E-state index in [9.17, 15) is 4.39 Å². The second-order valence-electron chi connectivity index (χ2n) is 3.04. The van der Waals surface area contributed by atoms with Gasteiger partial charge in [0, 0.05) is 0 Å². The minimum atomic E-state index is -0.634. The zero-order valence-corrected chi connectivity index (χ0v) is 9.94. The van der Waals surface area contributed by atoms with E-state index < -0.39 is 5.82 Å². The summed E-state index contributed by atoms with van der Waals surface area (Å²) in [6.45, 7) is 0. The Morgan fingerprint density at radius 1 is 1.28 bits per heavy atom. The lowest BCUT2D eigenvalue weighted by Gasteiger charge is -2.08. The summed E-state index contributed by atoms with van der Waals surface area (Å²) in [5, 5.41) is 7.58. The Kier molecular flexibility index (Phi) is 3.68. The lowest BCUT2D eigenvalue weighted by molar-refractivity contribution is 0.377. The number of halogens is 2. The first kappa shape index (κ1) is 12.2. The van der Waals surface area contributed by atoms with Crippen molar-refractivity contribution in [2.45, 2.75) is 0 Å². The molecule has 0 aliphatic carbocycles. The minimum Gasteiger partial charge on any atom is -0.467 e. The van der Waals surface area contributed by atoms with Crippen molar-refractivity contribution >= 4 is 23.2 Å². The molecule has 9 heteroatoms. The Balaban J connectivity index is 2.07. The van der Waals surface area contributed by atoms with Crippen LogP contribution in [0.15, 0.2) is 18.3 Å². The monoisotopic (exact) mass is 270 g/mol. The summed E-state index contributed by atoms with van der Waals surface area (Å²) in [6, 6.07) is 3.15. The Bertz CT molecular complexity index is 537. The standard InChI is InChI=1S/C9H8ClFN6O/c1-18-9-12-4-5(11)8(13-9)17-16-7-3-2-6(10)14-15-7/h2-4H,1H3,(H,15,16)(H,12,13,17). The molecule has 0 aliphatic rings. The van der Waals surface area contributed by atoms with Crippen LogP contribution >= 0.6 is 11.6 Å². The Morgan fingerprint density at radius 2 is 2.11 bits per heavy atom. The summed E-state index contributed by atoms with van der Waals surface area (Å²) >= 11 is 5.57. The van der Waals surface area contributed by atoms with Crippen LogP contribution in [0.2, 0.25) is 5.15 Å². The number of hydrogen-bond donors (Lipinski definition) is 2. The van der Waals surface area contributed by atoms with Gasteiger partial charge in [-0.15, -0.1) is 10.2 Å². The summed E-state index contributed by atoms with van der Waals surface area (Å²) in [5.41, 5.74) is 5.13. The summed E-state index contributed by atoms with van der Waals surface area (Å²) < 4.78 is 18.1. The highest BCUT2D eigenvalue weighted by Crippen LogP contribution is 2.13. The molecule has 0 fully saturated rings. The van der Waals surface area contributed by atoms with Crippen molar-refractivity contribution in [3.8, 4) is 6.01 Å². The number of hydrazine groups is 1. The van der Waals surface area contributed by atoms with Crippen LogP contribution in [0.5, 0.6) is 6.01 Å². The van der Waals surface area contributed by atoms with Gasteiger partial charge in [-0.05, 0) is 12.1 Å². The highest BCUT2D eigenvalue weighted by Gasteiger charge is 2.06. The predicted molar refractivity (Wildman–Crippen MR) is 62.8 cm³/mol. The van der Waals surface area contributed by atoms with E-state index in [1.165, 1.54) is 13.2 Å². The number of hydrogen-bond acceptors (Lipinski definition) is 7. The maximum absolute atomic E-state index is 13.3. The van der Waals surface area contributed by atoms with Crippen molar-refractivity contribution in [3.05, 3.63) is 29.3 Å². The summed E-state index contributed by atoms with van der Waals surface area (Å²) in [6.07, 6.45) is 0.989. The second kappa shape index (κ2) is 5.41. The van der Waals surface area contributed by atoms with Crippen molar-refractivity contribution in [1.29, 1.82) is 0 Å². The molecule has 2 aromatic rings. The molecule has 2 heterocycles. The fourth-order valence-electron chi connectivity index (χ4n) is 1.04. The summed E-state index contributed by atoms with van der Waals surface area (Å²) in [5.74, 6) is -0.347. The number of methoxy groups -OCH3 is 1. The van der Waals surface area contributed by atoms with Gasteiger partial charge in [0.15, 0.2) is 22.6 Å². The smallest absolute Gasteiger partial charge is 0.318 e. The van der Waals surface area contributed by atoms with Crippen LogP contribution in [0.1, 0.15) is 0 Å². The van der Waals surface area contributed by atoms with Crippen molar-refractivity contribution in [1.82, 2.24) is 20.2 Å². The fraction of sp³-hybridized carbons (Fsp3) is 0.111. The van der Waals surface area contributed by atoms with Crippen molar-refractivity contribution in [2.75, 3.05) is 18.0 Å². The van der Waals surface area contributed by atoms with Crippen LogP contribution in [0.3, 0.4) is 0 Å². The van der Waals surface area contributed by atoms with Gasteiger partial charge < -0.3 is 4.74 Å². The van der Waals surface area contributed by atoms with Gasteiger partial charge in [0.2, 0.25) is 0 Å². The fourth-order valence-corrected chi connectivity index (χ4v) is 1.14. The number of anilines is 2. The molecule has 0 saturated heterocycles. The largest absolute Gasteiger partial charge is 0.467 e. The number of rotatable bonds is 4. The molecule has 2 N–H and O–H groups in total. The molecule has 94 valence electrons. The number of aromatic nitrogens is 4. The average molecular weight is 271 g/mol. The molecule has 7 nitrogen and oxygen atoms in total. The van der Waals surface area contributed by atoms with Crippen molar-refractivity contribution < 1.29 is 9.13 Å². The van der Waals surface area contributed by atoms with Crippen LogP contribution in [0.4, 0.5) is 16.0 Å². The van der Waals surface area contributed by atoms with E-state index in [2.05, 4.69) is 31.0 Å². The first-order valence-electron chi connectivity index (χ1n) is 4.77. The van der Waals surface area contributed by atoms with E-state index >= 15 is 0 Å². The van der Waals surface area contributed by atoms with E-state index in [4.69, 9.17) is 16.3 Å². The summed E-state index contributed by atoms with van der Waals surface area (Å²) in [7, 11) is 1.38. The molecule has 0 radical (unpaired) electrons. The molecule has 0 atom stereocenters. The molecule has 18 heavy (non-hydrogen) atoms. The quantitative estimate of drug-likeness (QED) is 0.815. The van der Waals surface area contributed by atoms with Gasteiger partial charge in [-0.3, -0.25) is 10.9 Å². The number of nitrogens with one attached hydrogen (secondary N) is 2. The van der Waals surface area contributed by atoms with E-state index in [1.54, 1.807) is 6.07 Å². The molecule has 0 saturated carbocycles. The first-order valence-corrected chi connectivity index (χ1v) is 5.14. The molecular weight excluding hydrogens is 263 g/mol. The van der Waals surface area contributed by atoms with Crippen LogP contribution < -0.4 is 15.6 Å². The normalized spacial score (nSPS) is 9.94. The molecular formula is C9H8ClFN6O. The molecule has 0 aliphatic heterocycles. The van der Waals surface area contributed by atoms with Gasteiger partial charge in [0.25, 0.3) is 0 Å². The van der Waals surface area contributed by atoms with Gasteiger partial charge in [0.05, 0.1) is 13.3 Å². The second-order valence-corrected chi connectivity index (χ2v) is 3.43. The Labute approximate surface area is 106 Å². The molecule has 0 spiro atoms. The zero-order chi connectivity index (χ0) is 13.0. The van der Waals surface area contributed by atoms with E-state index in [-0.39, 0.29) is 17.0 Å². The summed E-state index contributed by atoms with van der Waals surface area (Å²) in [4.78, 5) is 7.37. The molecule has 0 bridgehead atoms. The van der Waals surface area contributed by atoms with Crippen molar-refractivity contribution in [2.24, 2.45) is 0 Å².